The van der Waals surface area contributed by atoms with Crippen molar-refractivity contribution >= 4 is 5.78 Å². The summed E-state index contributed by atoms with van der Waals surface area (Å²) in [7, 11) is 0. The van der Waals surface area contributed by atoms with E-state index in [0.717, 1.165) is 37.9 Å². The average Bonchev–Trinajstić information content (AvgIpc) is 2.75. The van der Waals surface area contributed by atoms with E-state index in [9.17, 15) is 4.79 Å². The van der Waals surface area contributed by atoms with Gasteiger partial charge in [-0.25, -0.2) is 0 Å². The van der Waals surface area contributed by atoms with Gasteiger partial charge in [-0.15, -0.1) is 0 Å². The van der Waals surface area contributed by atoms with Crippen LogP contribution in [0.3, 0.4) is 0 Å². The maximum atomic E-state index is 12.5. The van der Waals surface area contributed by atoms with E-state index in [1.807, 2.05) is 0 Å². The lowest BCUT2D eigenvalue weighted by Gasteiger charge is -2.18. The van der Waals surface area contributed by atoms with Crippen LogP contribution in [0.5, 0.6) is 0 Å². The first kappa shape index (κ1) is 12.8. The molecule has 0 N–H and O–H groups in total. The largest absolute Gasteiger partial charge is 0.377 e. The van der Waals surface area contributed by atoms with Crippen LogP contribution >= 0.6 is 0 Å². The molecule has 0 aromatic carbocycles. The molecule has 17 heavy (non-hydrogen) atoms. The summed E-state index contributed by atoms with van der Waals surface area (Å²) in [6.07, 6.45) is 11.4. The maximum Gasteiger partial charge on any atom is 0.164 e. The zero-order valence-corrected chi connectivity index (χ0v) is 10.9. The van der Waals surface area contributed by atoms with E-state index in [1.54, 1.807) is 0 Å². The highest BCUT2D eigenvalue weighted by atomic mass is 16.5. The van der Waals surface area contributed by atoms with Crippen molar-refractivity contribution < 1.29 is 9.53 Å². The second kappa shape index (κ2) is 6.34. The molecule has 0 bridgehead atoms. The molecule has 0 radical (unpaired) electrons. The molecule has 0 saturated carbocycles. The van der Waals surface area contributed by atoms with Crippen molar-refractivity contribution in [3.8, 4) is 0 Å². The predicted molar refractivity (Wildman–Crippen MR) is 68.9 cm³/mol. The lowest BCUT2D eigenvalue weighted by Crippen LogP contribution is -2.25. The number of allylic oxidation sites excluding steroid dienone is 2. The van der Waals surface area contributed by atoms with Gasteiger partial charge in [0.1, 0.15) is 0 Å². The van der Waals surface area contributed by atoms with Gasteiger partial charge in [0.05, 0.1) is 12.0 Å². The predicted octanol–water partition coefficient (Wildman–Crippen LogP) is 3.65. The Balaban J connectivity index is 2.02. The summed E-state index contributed by atoms with van der Waals surface area (Å²) in [6.45, 7) is 2.88. The molecule has 1 fully saturated rings. The van der Waals surface area contributed by atoms with Gasteiger partial charge in [0, 0.05) is 6.61 Å². The molecular formula is C15H24O2. The van der Waals surface area contributed by atoms with Gasteiger partial charge in [0.2, 0.25) is 0 Å². The first-order chi connectivity index (χ1) is 8.33. The Labute approximate surface area is 104 Å². The zero-order chi connectivity index (χ0) is 12.1. The number of hydrogen-bond donors (Lipinski definition) is 0. The fourth-order valence-electron chi connectivity index (χ4n) is 3.00. The summed E-state index contributed by atoms with van der Waals surface area (Å²) in [5, 5.41) is 0. The molecule has 2 unspecified atom stereocenters. The van der Waals surface area contributed by atoms with Crippen molar-refractivity contribution in [2.45, 2.75) is 64.4 Å². The van der Waals surface area contributed by atoms with Gasteiger partial charge in [-0.3, -0.25) is 4.79 Å². The Hall–Kier alpha value is -0.630. The van der Waals surface area contributed by atoms with E-state index >= 15 is 0 Å². The molecule has 1 aliphatic carbocycles. The van der Waals surface area contributed by atoms with Crippen molar-refractivity contribution in [3.05, 3.63) is 11.6 Å². The molecule has 0 spiro atoms. The Bertz CT molecular complexity index is 293. The minimum Gasteiger partial charge on any atom is -0.377 e. The molecule has 2 atom stereocenters. The van der Waals surface area contributed by atoms with E-state index in [2.05, 4.69) is 13.0 Å². The van der Waals surface area contributed by atoms with Gasteiger partial charge in [-0.2, -0.15) is 0 Å². The number of hydrogen-bond acceptors (Lipinski definition) is 2. The maximum absolute atomic E-state index is 12.5. The number of rotatable bonds is 3. The highest BCUT2D eigenvalue weighted by Gasteiger charge is 2.33. The highest BCUT2D eigenvalue weighted by molar-refractivity contribution is 5.97. The normalized spacial score (nSPS) is 30.5. The Morgan fingerprint density at radius 1 is 1.35 bits per heavy atom. The first-order valence-corrected chi connectivity index (χ1v) is 7.17. The molecule has 2 heteroatoms. The SMILES string of the molecule is CCC1OCCC1C(=O)C1=CCCCCCC1. The fraction of sp³-hybridized carbons (Fsp3) is 0.800. The van der Waals surface area contributed by atoms with Gasteiger partial charge in [0.15, 0.2) is 5.78 Å². The smallest absolute Gasteiger partial charge is 0.164 e. The second-order valence-corrected chi connectivity index (χ2v) is 5.26. The van der Waals surface area contributed by atoms with Crippen molar-refractivity contribution in [2.75, 3.05) is 6.61 Å². The van der Waals surface area contributed by atoms with Gasteiger partial charge < -0.3 is 4.74 Å². The minimum atomic E-state index is 0.144. The summed E-state index contributed by atoms with van der Waals surface area (Å²) < 4.78 is 5.63. The van der Waals surface area contributed by atoms with Crippen LogP contribution in [-0.2, 0) is 9.53 Å². The lowest BCUT2D eigenvalue weighted by molar-refractivity contribution is -0.121. The standard InChI is InChI=1S/C15H24O2/c1-2-14-13(10-11-17-14)15(16)12-8-6-4-3-5-7-9-12/h8,13-14H,2-7,9-11H2,1H3. The zero-order valence-electron chi connectivity index (χ0n) is 10.9. The number of Topliss-reactive ketones (excluding diaryl/α,β-unsaturated/α-hetero) is 1. The molecule has 0 aromatic rings. The number of ketones is 1. The van der Waals surface area contributed by atoms with E-state index in [0.29, 0.717) is 5.78 Å². The van der Waals surface area contributed by atoms with Gasteiger partial charge in [-0.1, -0.05) is 25.8 Å². The van der Waals surface area contributed by atoms with Crippen LogP contribution in [0.2, 0.25) is 0 Å². The van der Waals surface area contributed by atoms with Crippen molar-refractivity contribution in [1.82, 2.24) is 0 Å². The summed E-state index contributed by atoms with van der Waals surface area (Å²) in [5.41, 5.74) is 1.10. The summed E-state index contributed by atoms with van der Waals surface area (Å²) in [6, 6.07) is 0. The van der Waals surface area contributed by atoms with Crippen molar-refractivity contribution in [3.63, 3.8) is 0 Å². The third-order valence-electron chi connectivity index (χ3n) is 4.06. The van der Waals surface area contributed by atoms with E-state index in [-0.39, 0.29) is 12.0 Å². The highest BCUT2D eigenvalue weighted by Crippen LogP contribution is 2.29. The first-order valence-electron chi connectivity index (χ1n) is 7.17. The van der Waals surface area contributed by atoms with Crippen LogP contribution in [0.15, 0.2) is 11.6 Å². The second-order valence-electron chi connectivity index (χ2n) is 5.26. The van der Waals surface area contributed by atoms with Crippen LogP contribution < -0.4 is 0 Å². The van der Waals surface area contributed by atoms with E-state index in [4.69, 9.17) is 4.74 Å². The van der Waals surface area contributed by atoms with E-state index < -0.39 is 0 Å². The quantitative estimate of drug-likeness (QED) is 0.747. The molecule has 1 heterocycles. The molecule has 1 saturated heterocycles. The topological polar surface area (TPSA) is 26.3 Å². The molecular weight excluding hydrogens is 212 g/mol. The van der Waals surface area contributed by atoms with Crippen LogP contribution in [0.1, 0.15) is 58.3 Å². The molecule has 2 rings (SSSR count). The lowest BCUT2D eigenvalue weighted by atomic mass is 9.86. The van der Waals surface area contributed by atoms with Crippen molar-refractivity contribution in [2.24, 2.45) is 5.92 Å². The van der Waals surface area contributed by atoms with Crippen molar-refractivity contribution in [1.29, 1.82) is 0 Å². The fourth-order valence-corrected chi connectivity index (χ4v) is 3.00. The number of carbonyl (C=O) groups excluding carboxylic acids is 1. The minimum absolute atomic E-state index is 0.144. The molecule has 2 aliphatic rings. The summed E-state index contributed by atoms with van der Waals surface area (Å²) in [4.78, 5) is 12.5. The van der Waals surface area contributed by atoms with E-state index in [1.165, 1.54) is 25.7 Å². The Morgan fingerprint density at radius 2 is 2.18 bits per heavy atom. The van der Waals surface area contributed by atoms with Gasteiger partial charge >= 0.3 is 0 Å². The van der Waals surface area contributed by atoms with Crippen LogP contribution in [0.25, 0.3) is 0 Å². The number of carbonyl (C=O) groups is 1. The third-order valence-corrected chi connectivity index (χ3v) is 4.06. The van der Waals surface area contributed by atoms with Crippen LogP contribution in [-0.4, -0.2) is 18.5 Å². The molecule has 96 valence electrons. The average molecular weight is 236 g/mol. The number of ether oxygens (including phenoxy) is 1. The molecule has 2 nitrogen and oxygen atoms in total. The monoisotopic (exact) mass is 236 g/mol. The summed E-state index contributed by atoms with van der Waals surface area (Å²) >= 11 is 0. The Kier molecular flexibility index (Phi) is 4.78. The molecule has 1 aliphatic heterocycles. The Morgan fingerprint density at radius 3 is 3.00 bits per heavy atom. The molecule has 0 amide bonds. The van der Waals surface area contributed by atoms with Gasteiger partial charge in [-0.05, 0) is 44.1 Å². The third kappa shape index (κ3) is 3.19. The van der Waals surface area contributed by atoms with Crippen LogP contribution in [0, 0.1) is 5.92 Å². The van der Waals surface area contributed by atoms with Crippen LogP contribution in [0.4, 0.5) is 0 Å². The van der Waals surface area contributed by atoms with Gasteiger partial charge in [0.25, 0.3) is 0 Å². The summed E-state index contributed by atoms with van der Waals surface area (Å²) in [5.74, 6) is 0.530. The molecule has 0 aromatic heterocycles.